The van der Waals surface area contributed by atoms with Gasteiger partial charge in [0.15, 0.2) is 0 Å². The number of nitrogens with zero attached hydrogens (tertiary/aromatic N) is 3. The van der Waals surface area contributed by atoms with E-state index in [0.717, 1.165) is 5.56 Å². The maximum Gasteiger partial charge on any atom is 0.325 e. The van der Waals surface area contributed by atoms with Crippen molar-refractivity contribution in [3.8, 4) is 0 Å². The van der Waals surface area contributed by atoms with Gasteiger partial charge in [0.05, 0.1) is 12.7 Å². The molecule has 0 spiro atoms. The second-order valence-corrected chi connectivity index (χ2v) is 4.94. The van der Waals surface area contributed by atoms with Crippen molar-refractivity contribution in [3.05, 3.63) is 46.2 Å². The molecule has 0 radical (unpaired) electrons. The summed E-state index contributed by atoms with van der Waals surface area (Å²) in [6.07, 6.45) is 1.47. The van der Waals surface area contributed by atoms with Gasteiger partial charge in [-0.1, -0.05) is 16.8 Å². The first-order valence-electron chi connectivity index (χ1n) is 6.10. The monoisotopic (exact) mass is 308 g/mol. The Hall–Kier alpha value is -2.41. The molecule has 1 heterocycles. The number of hydrogen-bond acceptors (Lipinski definition) is 4. The molecule has 1 aromatic heterocycles. The molecule has 21 heavy (non-hydrogen) atoms. The summed E-state index contributed by atoms with van der Waals surface area (Å²) in [4.78, 5) is 22.5. The molecule has 1 amide bonds. The van der Waals surface area contributed by atoms with Crippen molar-refractivity contribution in [3.63, 3.8) is 0 Å². The molecule has 2 aromatic rings. The van der Waals surface area contributed by atoms with E-state index in [1.165, 1.54) is 10.9 Å². The van der Waals surface area contributed by atoms with Crippen LogP contribution in [0, 0.1) is 6.92 Å². The number of benzene rings is 1. The van der Waals surface area contributed by atoms with Crippen molar-refractivity contribution in [2.45, 2.75) is 20.0 Å². The molecule has 0 unspecified atom stereocenters. The van der Waals surface area contributed by atoms with Crippen molar-refractivity contribution in [1.29, 1.82) is 0 Å². The first kappa shape index (κ1) is 15.0. The van der Waals surface area contributed by atoms with E-state index in [0.29, 0.717) is 16.3 Å². The normalized spacial score (nSPS) is 10.4. The van der Waals surface area contributed by atoms with Crippen LogP contribution in [-0.4, -0.2) is 32.0 Å². The van der Waals surface area contributed by atoms with Gasteiger partial charge in [-0.15, -0.1) is 5.10 Å². The Balaban J connectivity index is 1.97. The molecule has 0 aliphatic carbocycles. The zero-order valence-electron chi connectivity index (χ0n) is 11.2. The van der Waals surface area contributed by atoms with E-state index in [1.807, 2.05) is 6.92 Å². The maximum absolute atomic E-state index is 12.0. The molecule has 2 rings (SSSR count). The standard InChI is InChI=1S/C13H13ClN4O3/c1-8-2-9(4-10(14)3-8)13(21)15-5-11-6-18(17-16-11)7-12(19)20/h2-4,6H,5,7H2,1H3,(H,15,21)(H,19,20). The third kappa shape index (κ3) is 4.28. The van der Waals surface area contributed by atoms with Gasteiger partial charge in [0.25, 0.3) is 5.91 Å². The van der Waals surface area contributed by atoms with Crippen LogP contribution in [0.25, 0.3) is 0 Å². The van der Waals surface area contributed by atoms with Crippen molar-refractivity contribution in [1.82, 2.24) is 20.3 Å². The molecule has 7 nitrogen and oxygen atoms in total. The van der Waals surface area contributed by atoms with Crippen molar-refractivity contribution < 1.29 is 14.7 Å². The molecule has 0 atom stereocenters. The highest BCUT2D eigenvalue weighted by Gasteiger charge is 2.09. The third-order valence-electron chi connectivity index (χ3n) is 2.62. The number of aryl methyl sites for hydroxylation is 1. The van der Waals surface area contributed by atoms with E-state index in [2.05, 4.69) is 15.6 Å². The molecule has 0 saturated heterocycles. The van der Waals surface area contributed by atoms with Crippen LogP contribution in [0.1, 0.15) is 21.6 Å². The van der Waals surface area contributed by atoms with E-state index < -0.39 is 5.97 Å². The second-order valence-electron chi connectivity index (χ2n) is 4.50. The first-order chi connectivity index (χ1) is 9.94. The van der Waals surface area contributed by atoms with Crippen molar-refractivity contribution >= 4 is 23.5 Å². The number of carbonyl (C=O) groups excluding carboxylic acids is 1. The highest BCUT2D eigenvalue weighted by Crippen LogP contribution is 2.14. The minimum atomic E-state index is -1.01. The minimum absolute atomic E-state index is 0.157. The van der Waals surface area contributed by atoms with Crippen LogP contribution < -0.4 is 5.32 Å². The predicted molar refractivity (Wildman–Crippen MR) is 75.0 cm³/mol. The fraction of sp³-hybridized carbons (Fsp3) is 0.231. The number of halogens is 1. The number of hydrogen-bond donors (Lipinski definition) is 2. The SMILES string of the molecule is Cc1cc(Cl)cc(C(=O)NCc2cn(CC(=O)O)nn2)c1. The molecular formula is C13H13ClN4O3. The van der Waals surface area contributed by atoms with E-state index in [1.54, 1.807) is 18.2 Å². The topological polar surface area (TPSA) is 97.1 Å². The van der Waals surface area contributed by atoms with Gasteiger partial charge in [0.2, 0.25) is 0 Å². The number of aromatic nitrogens is 3. The number of carboxylic acid groups (broad SMARTS) is 1. The lowest BCUT2D eigenvalue weighted by molar-refractivity contribution is -0.137. The number of carboxylic acids is 1. The van der Waals surface area contributed by atoms with E-state index in [4.69, 9.17) is 16.7 Å². The Bertz CT molecular complexity index is 664. The molecule has 0 aliphatic rings. The molecule has 0 aliphatic heterocycles. The highest BCUT2D eigenvalue weighted by atomic mass is 35.5. The van der Waals surface area contributed by atoms with Gasteiger partial charge in [-0.05, 0) is 30.7 Å². The number of aliphatic carboxylic acids is 1. The van der Waals surface area contributed by atoms with Crippen molar-refractivity contribution in [2.24, 2.45) is 0 Å². The van der Waals surface area contributed by atoms with Gasteiger partial charge in [-0.2, -0.15) is 0 Å². The van der Waals surface area contributed by atoms with Gasteiger partial charge in [0.1, 0.15) is 12.2 Å². The number of amides is 1. The summed E-state index contributed by atoms with van der Waals surface area (Å²) in [6, 6.07) is 5.06. The summed E-state index contributed by atoms with van der Waals surface area (Å²) in [6.45, 7) is 1.73. The molecule has 1 aromatic carbocycles. The van der Waals surface area contributed by atoms with Crippen LogP contribution in [0.2, 0.25) is 5.02 Å². The Kier molecular flexibility index (Phi) is 4.54. The van der Waals surface area contributed by atoms with E-state index in [9.17, 15) is 9.59 Å². The molecular weight excluding hydrogens is 296 g/mol. The van der Waals surface area contributed by atoms with Crippen molar-refractivity contribution in [2.75, 3.05) is 0 Å². The Morgan fingerprint density at radius 2 is 2.14 bits per heavy atom. The summed E-state index contributed by atoms with van der Waals surface area (Å²) < 4.78 is 1.19. The smallest absolute Gasteiger partial charge is 0.325 e. The molecule has 2 N–H and O–H groups in total. The second kappa shape index (κ2) is 6.36. The maximum atomic E-state index is 12.0. The third-order valence-corrected chi connectivity index (χ3v) is 2.84. The summed E-state index contributed by atoms with van der Waals surface area (Å²) >= 11 is 5.90. The molecule has 8 heteroatoms. The number of nitrogens with one attached hydrogen (secondary N) is 1. The summed E-state index contributed by atoms with van der Waals surface area (Å²) in [5.41, 5.74) is 1.82. The van der Waals surface area contributed by atoms with Crippen LogP contribution in [-0.2, 0) is 17.9 Å². The lowest BCUT2D eigenvalue weighted by atomic mass is 10.1. The van der Waals surface area contributed by atoms with Gasteiger partial charge in [-0.25, -0.2) is 4.68 Å². The van der Waals surface area contributed by atoms with Crippen LogP contribution in [0.3, 0.4) is 0 Å². The minimum Gasteiger partial charge on any atom is -0.480 e. The fourth-order valence-corrected chi connectivity index (χ4v) is 2.07. The summed E-state index contributed by atoms with van der Waals surface area (Å²) in [7, 11) is 0. The molecule has 0 bridgehead atoms. The average molecular weight is 309 g/mol. The quantitative estimate of drug-likeness (QED) is 0.866. The predicted octanol–water partition coefficient (Wildman–Crippen LogP) is 1.25. The average Bonchev–Trinajstić information content (AvgIpc) is 2.81. The Morgan fingerprint density at radius 3 is 2.81 bits per heavy atom. The molecule has 0 saturated carbocycles. The molecule has 0 fully saturated rings. The Morgan fingerprint density at radius 1 is 1.38 bits per heavy atom. The summed E-state index contributed by atoms with van der Waals surface area (Å²) in [5.74, 6) is -1.29. The highest BCUT2D eigenvalue weighted by molar-refractivity contribution is 6.31. The molecule has 110 valence electrons. The summed E-state index contributed by atoms with van der Waals surface area (Å²) in [5, 5.41) is 19.2. The number of carbonyl (C=O) groups is 2. The van der Waals surface area contributed by atoms with E-state index in [-0.39, 0.29) is 19.0 Å². The Labute approximate surface area is 125 Å². The number of rotatable bonds is 5. The lowest BCUT2D eigenvalue weighted by Gasteiger charge is -2.04. The van der Waals surface area contributed by atoms with Gasteiger partial charge in [0, 0.05) is 10.6 Å². The van der Waals surface area contributed by atoms with Crippen LogP contribution in [0.4, 0.5) is 0 Å². The zero-order chi connectivity index (χ0) is 15.4. The fourth-order valence-electron chi connectivity index (χ4n) is 1.78. The lowest BCUT2D eigenvalue weighted by Crippen LogP contribution is -2.23. The van der Waals surface area contributed by atoms with Gasteiger partial charge < -0.3 is 10.4 Å². The van der Waals surface area contributed by atoms with Crippen LogP contribution in [0.15, 0.2) is 24.4 Å². The largest absolute Gasteiger partial charge is 0.480 e. The van der Waals surface area contributed by atoms with Gasteiger partial charge in [-0.3, -0.25) is 9.59 Å². The van der Waals surface area contributed by atoms with E-state index >= 15 is 0 Å². The zero-order valence-corrected chi connectivity index (χ0v) is 12.0. The first-order valence-corrected chi connectivity index (χ1v) is 6.48. The van der Waals surface area contributed by atoms with Gasteiger partial charge >= 0.3 is 5.97 Å². The van der Waals surface area contributed by atoms with Crippen LogP contribution in [0.5, 0.6) is 0 Å². The van der Waals surface area contributed by atoms with Crippen LogP contribution >= 0.6 is 11.6 Å².